The van der Waals surface area contributed by atoms with Crippen molar-refractivity contribution >= 4 is 17.6 Å². The van der Waals surface area contributed by atoms with Crippen molar-refractivity contribution in [2.45, 2.75) is 25.3 Å². The van der Waals surface area contributed by atoms with E-state index < -0.39 is 5.97 Å². The van der Waals surface area contributed by atoms with Crippen LogP contribution in [-0.4, -0.2) is 45.8 Å². The summed E-state index contributed by atoms with van der Waals surface area (Å²) in [5.74, 6) is -0.273. The summed E-state index contributed by atoms with van der Waals surface area (Å²) in [4.78, 5) is 20.6. The lowest BCUT2D eigenvalue weighted by atomic mass is 10.0. The summed E-state index contributed by atoms with van der Waals surface area (Å²) in [5, 5.41) is 21.3. The van der Waals surface area contributed by atoms with Crippen LogP contribution in [0.2, 0.25) is 5.02 Å². The van der Waals surface area contributed by atoms with Gasteiger partial charge in [0.2, 0.25) is 0 Å². The second-order valence-corrected chi connectivity index (χ2v) is 9.61. The number of carboxylic acid groups (broad SMARTS) is 1. The van der Waals surface area contributed by atoms with Gasteiger partial charge in [-0.25, -0.2) is 9.78 Å². The number of imidazole rings is 1. The molecule has 1 N–H and O–H groups in total. The maximum absolute atomic E-state index is 11.2. The second-order valence-electron chi connectivity index (χ2n) is 9.17. The Labute approximate surface area is 217 Å². The standard InChI is InChI=1S/C27H22ClN7O2/c28-21-8-10-25(35-16-31-32-33-35)22(12-21)20-7-9-23(29-13-20)26(11-17-1-2-17)34-14-24(30-15-34)18-3-5-19(6-4-18)27(36)37/h3-10,12-17,26H,1-2,11H2,(H,36,37). The Hall–Kier alpha value is -4.37. The zero-order valence-electron chi connectivity index (χ0n) is 19.6. The second kappa shape index (κ2) is 9.59. The van der Waals surface area contributed by atoms with Gasteiger partial charge in [0, 0.05) is 34.1 Å². The third-order valence-corrected chi connectivity index (χ3v) is 6.87. The number of rotatable bonds is 8. The summed E-state index contributed by atoms with van der Waals surface area (Å²) < 4.78 is 3.71. The number of carbonyl (C=O) groups is 1. The monoisotopic (exact) mass is 511 g/mol. The zero-order chi connectivity index (χ0) is 25.4. The van der Waals surface area contributed by atoms with E-state index in [-0.39, 0.29) is 11.6 Å². The number of aromatic nitrogens is 7. The van der Waals surface area contributed by atoms with E-state index in [1.807, 2.05) is 43.0 Å². The summed E-state index contributed by atoms with van der Waals surface area (Å²) in [7, 11) is 0. The number of benzene rings is 2. The molecule has 3 heterocycles. The lowest BCUT2D eigenvalue weighted by Crippen LogP contribution is -2.11. The molecule has 0 radical (unpaired) electrons. The molecule has 6 rings (SSSR count). The number of carboxylic acids is 1. The Balaban J connectivity index is 1.31. The Morgan fingerprint density at radius 2 is 1.84 bits per heavy atom. The number of pyridine rings is 1. The van der Waals surface area contributed by atoms with Crippen LogP contribution in [0, 0.1) is 5.92 Å². The van der Waals surface area contributed by atoms with Crippen LogP contribution < -0.4 is 0 Å². The van der Waals surface area contributed by atoms with Crippen LogP contribution in [0.1, 0.15) is 41.4 Å². The average molecular weight is 512 g/mol. The van der Waals surface area contributed by atoms with Crippen LogP contribution in [0.25, 0.3) is 28.1 Å². The van der Waals surface area contributed by atoms with E-state index in [4.69, 9.17) is 21.7 Å². The average Bonchev–Trinajstić information content (AvgIpc) is 3.36. The molecule has 1 aliphatic rings. The summed E-state index contributed by atoms with van der Waals surface area (Å²) in [6, 6.07) is 16.5. The highest BCUT2D eigenvalue weighted by Crippen LogP contribution is 2.39. The molecule has 0 spiro atoms. The summed E-state index contributed by atoms with van der Waals surface area (Å²) >= 11 is 6.31. The molecule has 1 fully saturated rings. The van der Waals surface area contributed by atoms with Crippen molar-refractivity contribution in [1.82, 2.24) is 34.7 Å². The number of halogens is 1. The normalized spacial score (nSPS) is 14.0. The topological polar surface area (TPSA) is 112 Å². The molecule has 1 saturated carbocycles. The van der Waals surface area contributed by atoms with Crippen LogP contribution in [0.5, 0.6) is 0 Å². The van der Waals surface area contributed by atoms with E-state index in [0.717, 1.165) is 40.2 Å². The first-order chi connectivity index (χ1) is 18.0. The van der Waals surface area contributed by atoms with Gasteiger partial charge in [-0.1, -0.05) is 42.6 Å². The van der Waals surface area contributed by atoms with E-state index in [0.29, 0.717) is 10.9 Å². The van der Waals surface area contributed by atoms with Gasteiger partial charge in [-0.15, -0.1) is 5.10 Å². The molecular formula is C27H22ClN7O2. The smallest absolute Gasteiger partial charge is 0.335 e. The molecule has 37 heavy (non-hydrogen) atoms. The Kier molecular flexibility index (Phi) is 5.97. The van der Waals surface area contributed by atoms with Crippen LogP contribution in [0.15, 0.2) is 79.6 Å². The molecule has 0 aliphatic heterocycles. The molecule has 184 valence electrons. The van der Waals surface area contributed by atoms with Gasteiger partial charge in [0.15, 0.2) is 0 Å². The molecule has 0 saturated heterocycles. The summed E-state index contributed by atoms with van der Waals surface area (Å²) in [5.41, 5.74) is 5.47. The molecule has 9 nitrogen and oxygen atoms in total. The van der Waals surface area contributed by atoms with Crippen molar-refractivity contribution < 1.29 is 9.90 Å². The van der Waals surface area contributed by atoms with E-state index in [9.17, 15) is 4.79 Å². The maximum atomic E-state index is 11.2. The van der Waals surface area contributed by atoms with Crippen molar-refractivity contribution in [1.29, 1.82) is 0 Å². The third kappa shape index (κ3) is 4.85. The minimum atomic E-state index is -0.945. The molecule has 2 aromatic carbocycles. The van der Waals surface area contributed by atoms with Crippen LogP contribution in [-0.2, 0) is 0 Å². The van der Waals surface area contributed by atoms with Crippen LogP contribution in [0.4, 0.5) is 0 Å². The predicted molar refractivity (Wildman–Crippen MR) is 137 cm³/mol. The first-order valence-corrected chi connectivity index (χ1v) is 12.3. The Morgan fingerprint density at radius 1 is 1.03 bits per heavy atom. The first kappa shape index (κ1) is 23.1. The molecule has 1 aliphatic carbocycles. The molecule has 5 aromatic rings. The molecule has 10 heteroatoms. The van der Waals surface area contributed by atoms with E-state index in [1.54, 1.807) is 41.3 Å². The van der Waals surface area contributed by atoms with Gasteiger partial charge in [-0.05, 0) is 59.2 Å². The largest absolute Gasteiger partial charge is 0.478 e. The van der Waals surface area contributed by atoms with Crippen molar-refractivity contribution in [2.24, 2.45) is 5.92 Å². The Bertz CT molecular complexity index is 1540. The minimum Gasteiger partial charge on any atom is -0.478 e. The molecule has 0 bridgehead atoms. The number of hydrogen-bond acceptors (Lipinski definition) is 6. The molecule has 0 amide bonds. The van der Waals surface area contributed by atoms with Gasteiger partial charge in [0.1, 0.15) is 6.33 Å². The van der Waals surface area contributed by atoms with Gasteiger partial charge in [-0.2, -0.15) is 4.68 Å². The SMILES string of the molecule is O=C(O)c1ccc(-c2cn(C(CC3CC3)c3ccc(-c4cc(Cl)ccc4-n4cnnn4)cn3)cn2)cc1. The quantitative estimate of drug-likeness (QED) is 0.299. The maximum Gasteiger partial charge on any atom is 0.335 e. The number of tetrazole rings is 1. The highest BCUT2D eigenvalue weighted by atomic mass is 35.5. The number of aromatic carboxylic acids is 1. The van der Waals surface area contributed by atoms with Gasteiger partial charge in [0.05, 0.1) is 35.0 Å². The van der Waals surface area contributed by atoms with E-state index in [2.05, 4.69) is 25.1 Å². The van der Waals surface area contributed by atoms with Crippen molar-refractivity contribution in [3.8, 4) is 28.1 Å². The van der Waals surface area contributed by atoms with Crippen molar-refractivity contribution in [3.05, 3.63) is 95.9 Å². The fourth-order valence-electron chi connectivity index (χ4n) is 4.48. The van der Waals surface area contributed by atoms with Gasteiger partial charge < -0.3 is 9.67 Å². The van der Waals surface area contributed by atoms with Gasteiger partial charge in [0.25, 0.3) is 0 Å². The third-order valence-electron chi connectivity index (χ3n) is 6.64. The molecule has 3 aromatic heterocycles. The lowest BCUT2D eigenvalue weighted by molar-refractivity contribution is 0.0697. The fourth-order valence-corrected chi connectivity index (χ4v) is 4.65. The summed E-state index contributed by atoms with van der Waals surface area (Å²) in [6.07, 6.45) is 10.7. The Morgan fingerprint density at radius 3 is 2.51 bits per heavy atom. The van der Waals surface area contributed by atoms with Gasteiger partial charge in [-0.3, -0.25) is 4.98 Å². The highest BCUT2D eigenvalue weighted by molar-refractivity contribution is 6.31. The minimum absolute atomic E-state index is 0.0411. The molecule has 1 unspecified atom stereocenters. The zero-order valence-corrected chi connectivity index (χ0v) is 20.4. The van der Waals surface area contributed by atoms with E-state index >= 15 is 0 Å². The van der Waals surface area contributed by atoms with E-state index in [1.165, 1.54) is 12.8 Å². The van der Waals surface area contributed by atoms with Crippen molar-refractivity contribution in [3.63, 3.8) is 0 Å². The number of hydrogen-bond donors (Lipinski definition) is 1. The summed E-state index contributed by atoms with van der Waals surface area (Å²) in [6.45, 7) is 0. The fraction of sp³-hybridized carbons (Fsp3) is 0.185. The predicted octanol–water partition coefficient (Wildman–Crippen LogP) is 5.33. The lowest BCUT2D eigenvalue weighted by Gasteiger charge is -2.18. The highest BCUT2D eigenvalue weighted by Gasteiger charge is 2.28. The number of nitrogens with zero attached hydrogens (tertiary/aromatic N) is 7. The molecular weight excluding hydrogens is 490 g/mol. The van der Waals surface area contributed by atoms with Gasteiger partial charge >= 0.3 is 5.97 Å². The van der Waals surface area contributed by atoms with Crippen LogP contribution >= 0.6 is 11.6 Å². The first-order valence-electron chi connectivity index (χ1n) is 11.9. The van der Waals surface area contributed by atoms with Crippen LogP contribution in [0.3, 0.4) is 0 Å². The molecule has 1 atom stereocenters. The van der Waals surface area contributed by atoms with Crippen molar-refractivity contribution in [2.75, 3.05) is 0 Å².